The number of anilines is 1. The van der Waals surface area contributed by atoms with E-state index >= 15 is 8.78 Å². The molecule has 3 amide bonds. The first-order valence-electron chi connectivity index (χ1n) is 13.1. The van der Waals surface area contributed by atoms with Gasteiger partial charge < -0.3 is 10.6 Å². The van der Waals surface area contributed by atoms with Crippen molar-refractivity contribution in [3.63, 3.8) is 0 Å². The number of benzene rings is 3. The Morgan fingerprint density at radius 2 is 1.76 bits per heavy atom. The van der Waals surface area contributed by atoms with Crippen LogP contribution in [0, 0.1) is 28.4 Å². The van der Waals surface area contributed by atoms with Gasteiger partial charge in [0.25, 0.3) is 11.8 Å². The van der Waals surface area contributed by atoms with Crippen LogP contribution in [0.1, 0.15) is 65.0 Å². The Bertz CT molecular complexity index is 1680. The SMILES string of the molecule is CC(C)(C)CC1NC(C(=O)Nc2ccc3c(c2)C(=O)NC3=O)C(c2cccc(Cl)c2F)C1(C#N)c1ccc(Cl)cc1F. The van der Waals surface area contributed by atoms with E-state index in [1.54, 1.807) is 0 Å². The van der Waals surface area contributed by atoms with Crippen LogP contribution >= 0.6 is 23.2 Å². The van der Waals surface area contributed by atoms with Crippen LogP contribution in [0.4, 0.5) is 14.5 Å². The van der Waals surface area contributed by atoms with Crippen molar-refractivity contribution in [2.45, 2.75) is 50.6 Å². The summed E-state index contributed by atoms with van der Waals surface area (Å²) in [6.07, 6.45) is 0.312. The molecule has 0 aromatic heterocycles. The summed E-state index contributed by atoms with van der Waals surface area (Å²) in [4.78, 5) is 38.2. The Morgan fingerprint density at radius 3 is 2.43 bits per heavy atom. The summed E-state index contributed by atoms with van der Waals surface area (Å²) in [7, 11) is 0. The fourth-order valence-electron chi connectivity index (χ4n) is 6.02. The molecule has 216 valence electrons. The molecule has 5 rings (SSSR count). The first-order valence-corrected chi connectivity index (χ1v) is 13.9. The number of carbonyl (C=O) groups is 3. The molecule has 0 radical (unpaired) electrons. The zero-order valence-corrected chi connectivity index (χ0v) is 24.3. The molecule has 3 N–H and O–H groups in total. The first kappa shape index (κ1) is 29.6. The summed E-state index contributed by atoms with van der Waals surface area (Å²) < 4.78 is 31.5. The van der Waals surface area contributed by atoms with Gasteiger partial charge in [0, 0.05) is 28.2 Å². The van der Waals surface area contributed by atoms with Crippen molar-refractivity contribution in [2.75, 3.05) is 5.32 Å². The second-order valence-corrected chi connectivity index (χ2v) is 12.6. The fourth-order valence-corrected chi connectivity index (χ4v) is 6.36. The highest BCUT2D eigenvalue weighted by atomic mass is 35.5. The quantitative estimate of drug-likeness (QED) is 0.302. The number of carbonyl (C=O) groups excluding carboxylic acids is 3. The lowest BCUT2D eigenvalue weighted by molar-refractivity contribution is -0.118. The van der Waals surface area contributed by atoms with Crippen molar-refractivity contribution in [2.24, 2.45) is 5.41 Å². The Labute approximate surface area is 251 Å². The third-order valence-corrected chi connectivity index (χ3v) is 8.26. The van der Waals surface area contributed by atoms with Gasteiger partial charge in [-0.3, -0.25) is 19.7 Å². The largest absolute Gasteiger partial charge is 0.325 e. The highest BCUT2D eigenvalue weighted by Crippen LogP contribution is 2.53. The smallest absolute Gasteiger partial charge is 0.259 e. The van der Waals surface area contributed by atoms with Crippen molar-refractivity contribution in [3.8, 4) is 6.07 Å². The molecule has 11 heteroatoms. The summed E-state index contributed by atoms with van der Waals surface area (Å²) in [5.41, 5.74) is -1.79. The van der Waals surface area contributed by atoms with E-state index in [0.29, 0.717) is 6.42 Å². The van der Waals surface area contributed by atoms with Crippen LogP contribution in [0.5, 0.6) is 0 Å². The summed E-state index contributed by atoms with van der Waals surface area (Å²) in [6, 6.07) is 12.7. The van der Waals surface area contributed by atoms with Gasteiger partial charge in [-0.2, -0.15) is 5.26 Å². The summed E-state index contributed by atoms with van der Waals surface area (Å²) >= 11 is 12.2. The standard InChI is InChI=1S/C31H26Cl2F2N4O3/c1-30(2,3)13-23-31(14-36,20-10-7-15(32)11-22(20)34)24(18-5-4-6-21(33)25(18)35)26(38-23)29(42)37-16-8-9-17-19(12-16)28(41)39-27(17)40/h4-12,23-24,26,38H,13H2,1-3H3,(H,37,42)(H,39,40,41). The number of imide groups is 1. The molecule has 3 aromatic carbocycles. The lowest BCUT2D eigenvalue weighted by Gasteiger charge is -2.37. The number of nitrogens with zero attached hydrogens (tertiary/aromatic N) is 1. The van der Waals surface area contributed by atoms with Gasteiger partial charge in [-0.15, -0.1) is 0 Å². The third kappa shape index (κ3) is 5.04. The van der Waals surface area contributed by atoms with E-state index in [4.69, 9.17) is 23.2 Å². The van der Waals surface area contributed by atoms with Crippen molar-refractivity contribution >= 4 is 46.6 Å². The van der Waals surface area contributed by atoms with Crippen LogP contribution in [0.2, 0.25) is 10.0 Å². The molecule has 2 aliphatic heterocycles. The van der Waals surface area contributed by atoms with E-state index in [-0.39, 0.29) is 38.0 Å². The topological polar surface area (TPSA) is 111 Å². The van der Waals surface area contributed by atoms with Crippen molar-refractivity contribution < 1.29 is 23.2 Å². The van der Waals surface area contributed by atoms with Crippen LogP contribution in [0.25, 0.3) is 0 Å². The molecule has 0 bridgehead atoms. The van der Waals surface area contributed by atoms with Gasteiger partial charge in [-0.05, 0) is 53.8 Å². The molecule has 42 heavy (non-hydrogen) atoms. The lowest BCUT2D eigenvalue weighted by atomic mass is 9.62. The Morgan fingerprint density at radius 1 is 1.05 bits per heavy atom. The predicted molar refractivity (Wildman–Crippen MR) is 155 cm³/mol. The number of halogens is 4. The minimum atomic E-state index is -1.78. The van der Waals surface area contributed by atoms with Gasteiger partial charge in [0.1, 0.15) is 17.0 Å². The van der Waals surface area contributed by atoms with Crippen LogP contribution in [-0.4, -0.2) is 29.8 Å². The van der Waals surface area contributed by atoms with Crippen LogP contribution in [0.3, 0.4) is 0 Å². The third-order valence-electron chi connectivity index (χ3n) is 7.74. The number of hydrogen-bond donors (Lipinski definition) is 3. The maximum Gasteiger partial charge on any atom is 0.259 e. The molecule has 3 aromatic rings. The molecule has 2 aliphatic rings. The number of fused-ring (bicyclic) bond motifs is 1. The number of amides is 3. The van der Waals surface area contributed by atoms with E-state index < -0.39 is 58.2 Å². The second kappa shape index (κ2) is 10.8. The predicted octanol–water partition coefficient (Wildman–Crippen LogP) is 6.12. The lowest BCUT2D eigenvalue weighted by Crippen LogP contribution is -2.45. The summed E-state index contributed by atoms with van der Waals surface area (Å²) in [5, 5.41) is 19.0. The average molecular weight is 611 g/mol. The molecule has 0 saturated carbocycles. The molecule has 4 atom stereocenters. The zero-order valence-electron chi connectivity index (χ0n) is 22.8. The van der Waals surface area contributed by atoms with E-state index in [1.165, 1.54) is 48.5 Å². The maximum atomic E-state index is 15.8. The molecular weight excluding hydrogens is 585 g/mol. The van der Waals surface area contributed by atoms with Crippen molar-refractivity contribution in [1.29, 1.82) is 5.26 Å². The van der Waals surface area contributed by atoms with Gasteiger partial charge in [0.05, 0.1) is 28.3 Å². The van der Waals surface area contributed by atoms with Gasteiger partial charge in [-0.25, -0.2) is 8.78 Å². The second-order valence-electron chi connectivity index (χ2n) is 11.7. The first-order chi connectivity index (χ1) is 19.8. The molecule has 7 nitrogen and oxygen atoms in total. The number of rotatable bonds is 5. The Hall–Kier alpha value is -3.84. The van der Waals surface area contributed by atoms with Crippen molar-refractivity contribution in [3.05, 3.63) is 98.5 Å². The highest BCUT2D eigenvalue weighted by molar-refractivity contribution is 6.31. The van der Waals surface area contributed by atoms with Gasteiger partial charge in [-0.1, -0.05) is 62.2 Å². The Kier molecular flexibility index (Phi) is 7.60. The van der Waals surface area contributed by atoms with Crippen molar-refractivity contribution in [1.82, 2.24) is 10.6 Å². The van der Waals surface area contributed by atoms with E-state index in [2.05, 4.69) is 22.0 Å². The molecule has 0 spiro atoms. The van der Waals surface area contributed by atoms with Crippen LogP contribution in [0.15, 0.2) is 54.6 Å². The van der Waals surface area contributed by atoms with E-state index in [1.807, 2.05) is 20.8 Å². The zero-order chi connectivity index (χ0) is 30.6. The normalized spacial score (nSPS) is 23.3. The molecule has 0 aliphatic carbocycles. The molecule has 2 heterocycles. The fraction of sp³-hybridized carbons (Fsp3) is 0.290. The minimum Gasteiger partial charge on any atom is -0.325 e. The van der Waals surface area contributed by atoms with Crippen LogP contribution in [-0.2, 0) is 10.2 Å². The molecule has 1 saturated heterocycles. The van der Waals surface area contributed by atoms with Gasteiger partial charge >= 0.3 is 0 Å². The average Bonchev–Trinajstić information content (AvgIpc) is 3.38. The molecular formula is C31H26Cl2F2N4O3. The number of nitrogens with one attached hydrogen (secondary N) is 3. The molecule has 4 unspecified atom stereocenters. The van der Waals surface area contributed by atoms with Crippen LogP contribution < -0.4 is 16.0 Å². The molecule has 1 fully saturated rings. The highest BCUT2D eigenvalue weighted by Gasteiger charge is 2.61. The monoisotopic (exact) mass is 610 g/mol. The minimum absolute atomic E-state index is 0.0384. The maximum absolute atomic E-state index is 15.8. The van der Waals surface area contributed by atoms with Gasteiger partial charge in [0.2, 0.25) is 5.91 Å². The van der Waals surface area contributed by atoms with E-state index in [9.17, 15) is 19.6 Å². The van der Waals surface area contributed by atoms with Gasteiger partial charge in [0.15, 0.2) is 0 Å². The number of nitriles is 1. The number of hydrogen-bond acceptors (Lipinski definition) is 5. The summed E-state index contributed by atoms with van der Waals surface area (Å²) in [6.45, 7) is 5.82. The van der Waals surface area contributed by atoms with E-state index in [0.717, 1.165) is 6.07 Å². The summed E-state index contributed by atoms with van der Waals surface area (Å²) in [5.74, 6) is -4.65. The Balaban J connectivity index is 1.68.